The lowest BCUT2D eigenvalue weighted by Crippen LogP contribution is -2.50. The topological polar surface area (TPSA) is 87.2 Å². The van der Waals surface area contributed by atoms with Crippen LogP contribution in [0.1, 0.15) is 30.0 Å². The fourth-order valence-electron chi connectivity index (χ4n) is 5.06. The predicted molar refractivity (Wildman–Crippen MR) is 127 cm³/mol. The minimum absolute atomic E-state index is 0.00655. The van der Waals surface area contributed by atoms with E-state index in [2.05, 4.69) is 0 Å². The van der Waals surface area contributed by atoms with E-state index >= 15 is 0 Å². The van der Waals surface area contributed by atoms with Gasteiger partial charge < -0.3 is 14.5 Å². The third-order valence-electron chi connectivity index (χ3n) is 6.84. The standard InChI is InChI=1S/C25H29N3O5S/c1-2-33-21-6-3-18(4-7-21)15-24(30)26-11-13-27(14-12-26)34(31,32)22-16-19-5-8-23(29)28-10-9-20(17-22)25(19)28/h3-4,6-7,16-17H,2,5,8-15H2,1H3. The van der Waals surface area contributed by atoms with Gasteiger partial charge in [0.25, 0.3) is 0 Å². The third-order valence-corrected chi connectivity index (χ3v) is 8.72. The number of hydrogen-bond donors (Lipinski definition) is 0. The molecule has 1 fully saturated rings. The Morgan fingerprint density at radius 2 is 1.62 bits per heavy atom. The zero-order valence-corrected chi connectivity index (χ0v) is 20.1. The minimum atomic E-state index is -3.66. The molecule has 2 amide bonds. The summed E-state index contributed by atoms with van der Waals surface area (Å²) in [4.78, 5) is 28.8. The lowest BCUT2D eigenvalue weighted by atomic mass is 10.00. The Balaban J connectivity index is 1.24. The molecule has 0 radical (unpaired) electrons. The molecule has 5 rings (SSSR count). The van der Waals surface area contributed by atoms with E-state index in [1.165, 1.54) is 4.31 Å². The molecule has 9 heteroatoms. The molecule has 3 heterocycles. The number of aryl methyl sites for hydroxylation is 1. The Labute approximate surface area is 200 Å². The van der Waals surface area contributed by atoms with E-state index < -0.39 is 10.0 Å². The molecule has 0 atom stereocenters. The molecule has 3 aliphatic heterocycles. The van der Waals surface area contributed by atoms with Crippen molar-refractivity contribution in [1.29, 1.82) is 0 Å². The van der Waals surface area contributed by atoms with Crippen molar-refractivity contribution in [1.82, 2.24) is 9.21 Å². The van der Waals surface area contributed by atoms with Crippen LogP contribution >= 0.6 is 0 Å². The molecule has 34 heavy (non-hydrogen) atoms. The molecule has 1 saturated heterocycles. The number of nitrogens with zero attached hydrogens (tertiary/aromatic N) is 3. The van der Waals surface area contributed by atoms with E-state index in [4.69, 9.17) is 4.74 Å². The molecular weight excluding hydrogens is 454 g/mol. The monoisotopic (exact) mass is 483 g/mol. The van der Waals surface area contributed by atoms with Crippen molar-refractivity contribution in [3.63, 3.8) is 0 Å². The van der Waals surface area contributed by atoms with E-state index in [0.29, 0.717) is 50.4 Å². The summed E-state index contributed by atoms with van der Waals surface area (Å²) in [5.41, 5.74) is 3.70. The van der Waals surface area contributed by atoms with Crippen molar-refractivity contribution in [2.24, 2.45) is 0 Å². The van der Waals surface area contributed by atoms with Crippen molar-refractivity contribution in [3.8, 4) is 5.75 Å². The summed E-state index contributed by atoms with van der Waals surface area (Å²) in [7, 11) is -3.66. The minimum Gasteiger partial charge on any atom is -0.494 e. The number of hydrogen-bond acceptors (Lipinski definition) is 5. The molecule has 0 unspecified atom stereocenters. The van der Waals surface area contributed by atoms with Gasteiger partial charge in [-0.15, -0.1) is 0 Å². The zero-order chi connectivity index (χ0) is 23.9. The van der Waals surface area contributed by atoms with Crippen LogP contribution in [0, 0.1) is 0 Å². The van der Waals surface area contributed by atoms with Crippen LogP contribution in [0.3, 0.4) is 0 Å². The van der Waals surface area contributed by atoms with Crippen LogP contribution in [-0.4, -0.2) is 68.8 Å². The first kappa shape index (κ1) is 22.9. The second kappa shape index (κ2) is 9.03. The number of piperazine rings is 1. The molecule has 0 bridgehead atoms. The molecule has 8 nitrogen and oxygen atoms in total. The molecule has 0 aliphatic carbocycles. The van der Waals surface area contributed by atoms with Gasteiger partial charge in [0.2, 0.25) is 21.8 Å². The first-order chi connectivity index (χ1) is 16.4. The van der Waals surface area contributed by atoms with Gasteiger partial charge in [-0.25, -0.2) is 8.42 Å². The van der Waals surface area contributed by atoms with Gasteiger partial charge in [-0.3, -0.25) is 9.59 Å². The summed E-state index contributed by atoms with van der Waals surface area (Å²) >= 11 is 0. The summed E-state index contributed by atoms with van der Waals surface area (Å²) in [5, 5.41) is 0. The van der Waals surface area contributed by atoms with Gasteiger partial charge in [0, 0.05) is 39.1 Å². The average molecular weight is 484 g/mol. The van der Waals surface area contributed by atoms with Gasteiger partial charge in [-0.2, -0.15) is 4.31 Å². The summed E-state index contributed by atoms with van der Waals surface area (Å²) in [6.07, 6.45) is 1.97. The molecular formula is C25H29N3O5S. The number of ether oxygens (including phenoxy) is 1. The molecule has 2 aromatic rings. The van der Waals surface area contributed by atoms with Crippen molar-refractivity contribution in [3.05, 3.63) is 53.1 Å². The molecule has 0 spiro atoms. The summed E-state index contributed by atoms with van der Waals surface area (Å²) in [6.45, 7) is 4.43. The SMILES string of the molecule is CCOc1ccc(CC(=O)N2CCN(S(=O)(=O)c3cc4c5c(c3)CCN5C(=O)CC4)CC2)cc1. The van der Waals surface area contributed by atoms with Gasteiger partial charge in [0.15, 0.2) is 0 Å². The van der Waals surface area contributed by atoms with Crippen molar-refractivity contribution in [2.75, 3.05) is 44.2 Å². The Kier molecular flexibility index (Phi) is 6.07. The summed E-state index contributed by atoms with van der Waals surface area (Å²) < 4.78 is 33.7. The Bertz CT molecular complexity index is 1220. The highest BCUT2D eigenvalue weighted by molar-refractivity contribution is 7.89. The predicted octanol–water partition coefficient (Wildman–Crippen LogP) is 2.00. The fourth-order valence-corrected chi connectivity index (χ4v) is 6.58. The molecule has 0 saturated carbocycles. The number of carbonyl (C=O) groups is 2. The number of sulfonamides is 1. The van der Waals surface area contributed by atoms with Crippen LogP contribution in [0.5, 0.6) is 5.75 Å². The molecule has 2 aromatic carbocycles. The van der Waals surface area contributed by atoms with E-state index in [1.807, 2.05) is 31.2 Å². The number of amides is 2. The van der Waals surface area contributed by atoms with Gasteiger partial charge in [0.05, 0.1) is 23.6 Å². The van der Waals surface area contributed by atoms with Gasteiger partial charge in [-0.1, -0.05) is 12.1 Å². The maximum absolute atomic E-state index is 13.4. The quantitative estimate of drug-likeness (QED) is 0.627. The fraction of sp³-hybridized carbons (Fsp3) is 0.440. The van der Waals surface area contributed by atoms with Crippen LogP contribution in [0.15, 0.2) is 41.3 Å². The average Bonchev–Trinajstić information content (AvgIpc) is 3.28. The highest BCUT2D eigenvalue weighted by atomic mass is 32.2. The largest absolute Gasteiger partial charge is 0.494 e. The zero-order valence-electron chi connectivity index (χ0n) is 19.3. The maximum atomic E-state index is 13.4. The maximum Gasteiger partial charge on any atom is 0.243 e. The van der Waals surface area contributed by atoms with Crippen LogP contribution in [0.25, 0.3) is 0 Å². The van der Waals surface area contributed by atoms with Crippen molar-refractivity contribution < 1.29 is 22.7 Å². The number of benzene rings is 2. The van der Waals surface area contributed by atoms with E-state index in [-0.39, 0.29) is 31.3 Å². The van der Waals surface area contributed by atoms with Gasteiger partial charge in [0.1, 0.15) is 5.75 Å². The van der Waals surface area contributed by atoms with Gasteiger partial charge >= 0.3 is 0 Å². The Morgan fingerprint density at radius 1 is 0.941 bits per heavy atom. The number of rotatable bonds is 6. The molecule has 0 N–H and O–H groups in total. The second-order valence-corrected chi connectivity index (χ2v) is 10.9. The van der Waals surface area contributed by atoms with E-state index in [1.54, 1.807) is 21.9 Å². The highest BCUT2D eigenvalue weighted by Gasteiger charge is 2.35. The lowest BCUT2D eigenvalue weighted by molar-refractivity contribution is -0.131. The smallest absolute Gasteiger partial charge is 0.243 e. The summed E-state index contributed by atoms with van der Waals surface area (Å²) in [6, 6.07) is 11.0. The number of anilines is 1. The van der Waals surface area contributed by atoms with E-state index in [0.717, 1.165) is 28.1 Å². The lowest BCUT2D eigenvalue weighted by Gasteiger charge is -2.34. The van der Waals surface area contributed by atoms with Crippen LogP contribution < -0.4 is 9.64 Å². The first-order valence-electron chi connectivity index (χ1n) is 11.8. The van der Waals surface area contributed by atoms with Crippen molar-refractivity contribution >= 4 is 27.5 Å². The Morgan fingerprint density at radius 3 is 2.29 bits per heavy atom. The molecule has 180 valence electrons. The molecule has 3 aliphatic rings. The van der Waals surface area contributed by atoms with Crippen molar-refractivity contribution in [2.45, 2.75) is 37.5 Å². The van der Waals surface area contributed by atoms with Crippen LogP contribution in [0.4, 0.5) is 5.69 Å². The number of carbonyl (C=O) groups excluding carboxylic acids is 2. The van der Waals surface area contributed by atoms with E-state index in [9.17, 15) is 18.0 Å². The highest BCUT2D eigenvalue weighted by Crippen LogP contribution is 2.39. The summed E-state index contributed by atoms with van der Waals surface area (Å²) in [5.74, 6) is 0.887. The third kappa shape index (κ3) is 4.18. The van der Waals surface area contributed by atoms with Crippen LogP contribution in [-0.2, 0) is 38.9 Å². The van der Waals surface area contributed by atoms with Crippen LogP contribution in [0.2, 0.25) is 0 Å². The van der Waals surface area contributed by atoms with Gasteiger partial charge in [-0.05, 0) is 60.7 Å². The molecule has 0 aromatic heterocycles. The first-order valence-corrected chi connectivity index (χ1v) is 13.3. The Hall–Kier alpha value is -2.91. The second-order valence-electron chi connectivity index (χ2n) is 8.92. The normalized spacial score (nSPS) is 18.2.